The van der Waals surface area contributed by atoms with Gasteiger partial charge in [-0.15, -0.1) is 0 Å². The highest BCUT2D eigenvalue weighted by atomic mass is 32.1. The second-order valence-electron chi connectivity index (χ2n) is 1.74. The molecule has 0 radical (unpaired) electrons. The van der Waals surface area contributed by atoms with E-state index in [0.717, 1.165) is 6.54 Å². The zero-order chi connectivity index (χ0) is 6.57. The van der Waals surface area contributed by atoms with Crippen molar-refractivity contribution < 1.29 is 0 Å². The number of hydrogen-bond acceptors (Lipinski definition) is 3. The molecule has 0 bridgehead atoms. The molecule has 0 aromatic carbocycles. The molecule has 1 N–H and O–H groups in total. The molecule has 0 fully saturated rings. The summed E-state index contributed by atoms with van der Waals surface area (Å²) in [6, 6.07) is 0. The Morgan fingerprint density at radius 2 is 2.00 bits per heavy atom. The average Bonchev–Trinajstić information content (AvgIpc) is 1.67. The fourth-order valence-electron chi connectivity index (χ4n) is 0.380. The summed E-state index contributed by atoms with van der Waals surface area (Å²) in [4.78, 5) is 0. The van der Waals surface area contributed by atoms with Crippen LogP contribution in [-0.4, -0.2) is 17.2 Å². The van der Waals surface area contributed by atoms with Gasteiger partial charge in [0, 0.05) is 5.25 Å². The van der Waals surface area contributed by atoms with Crippen LogP contribution in [0.3, 0.4) is 0 Å². The minimum Gasteiger partial charge on any atom is -0.305 e. The maximum atomic E-state index is 4.22. The van der Waals surface area contributed by atoms with Crippen molar-refractivity contribution in [2.75, 3.05) is 6.54 Å². The van der Waals surface area contributed by atoms with Crippen molar-refractivity contribution in [2.24, 2.45) is 0 Å². The van der Waals surface area contributed by atoms with Gasteiger partial charge in [-0.2, -0.15) is 25.3 Å². The molecule has 2 unspecified atom stereocenters. The van der Waals surface area contributed by atoms with Crippen LogP contribution in [0.15, 0.2) is 0 Å². The molecule has 0 spiro atoms. The lowest BCUT2D eigenvalue weighted by Crippen LogP contribution is -2.30. The summed E-state index contributed by atoms with van der Waals surface area (Å²) in [5, 5.41) is 3.68. The molecule has 0 amide bonds. The molecule has 1 nitrogen and oxygen atoms in total. The van der Waals surface area contributed by atoms with Crippen LogP contribution in [0.4, 0.5) is 0 Å². The maximum Gasteiger partial charge on any atom is 0.0617 e. The molecule has 2 atom stereocenters. The largest absolute Gasteiger partial charge is 0.305 e. The minimum atomic E-state index is 0.225. The lowest BCUT2D eigenvalue weighted by Gasteiger charge is -2.13. The first-order valence-corrected chi connectivity index (χ1v) is 3.81. The zero-order valence-corrected chi connectivity index (χ0v) is 7.05. The summed E-state index contributed by atoms with van der Waals surface area (Å²) in [5.74, 6) is 0. The van der Waals surface area contributed by atoms with Gasteiger partial charge in [-0.25, -0.2) is 0 Å². The highest BCUT2D eigenvalue weighted by molar-refractivity contribution is 7.85. The van der Waals surface area contributed by atoms with Crippen LogP contribution in [0.5, 0.6) is 0 Å². The van der Waals surface area contributed by atoms with Crippen LogP contribution in [-0.2, 0) is 0 Å². The predicted octanol–water partition coefficient (Wildman–Crippen LogP) is 1.17. The fraction of sp³-hybridized carbons (Fsp3) is 1.00. The minimum absolute atomic E-state index is 0.225. The van der Waals surface area contributed by atoms with Gasteiger partial charge in [-0.3, -0.25) is 0 Å². The van der Waals surface area contributed by atoms with Crippen molar-refractivity contribution in [1.82, 2.24) is 5.32 Å². The first-order valence-electron chi connectivity index (χ1n) is 2.78. The van der Waals surface area contributed by atoms with Crippen molar-refractivity contribution in [3.63, 3.8) is 0 Å². The topological polar surface area (TPSA) is 12.0 Å². The lowest BCUT2D eigenvalue weighted by atomic mass is 10.4. The molecular weight excluding hydrogens is 138 g/mol. The van der Waals surface area contributed by atoms with Crippen molar-refractivity contribution in [3.8, 4) is 0 Å². The van der Waals surface area contributed by atoms with E-state index in [2.05, 4.69) is 37.5 Å². The van der Waals surface area contributed by atoms with E-state index in [1.807, 2.05) is 6.92 Å². The third-order valence-corrected chi connectivity index (χ3v) is 2.03. The Hall–Kier alpha value is 0.660. The van der Waals surface area contributed by atoms with Crippen LogP contribution in [0.25, 0.3) is 0 Å². The van der Waals surface area contributed by atoms with Gasteiger partial charge in [0.05, 0.1) is 5.37 Å². The Labute approximate surface area is 62.1 Å². The van der Waals surface area contributed by atoms with Crippen LogP contribution in [0, 0.1) is 0 Å². The standard InChI is InChI=1S/C5H13NS2/c1-3-6-5(8)4(2)7/h4-8H,3H2,1-2H3. The van der Waals surface area contributed by atoms with Crippen LogP contribution >= 0.6 is 25.3 Å². The van der Waals surface area contributed by atoms with E-state index in [1.165, 1.54) is 0 Å². The highest BCUT2D eigenvalue weighted by Gasteiger charge is 2.04. The van der Waals surface area contributed by atoms with Gasteiger partial charge in [-0.05, 0) is 6.54 Å². The molecule has 0 heterocycles. The normalized spacial score (nSPS) is 18.0. The third kappa shape index (κ3) is 3.64. The number of rotatable bonds is 3. The van der Waals surface area contributed by atoms with E-state index in [4.69, 9.17) is 0 Å². The first-order chi connectivity index (χ1) is 3.68. The van der Waals surface area contributed by atoms with E-state index in [0.29, 0.717) is 5.25 Å². The Morgan fingerprint density at radius 3 is 2.12 bits per heavy atom. The Balaban J connectivity index is 3.17. The Morgan fingerprint density at radius 1 is 1.50 bits per heavy atom. The van der Waals surface area contributed by atoms with Crippen LogP contribution in [0.1, 0.15) is 13.8 Å². The summed E-state index contributed by atoms with van der Waals surface area (Å²) in [7, 11) is 0. The molecule has 50 valence electrons. The first kappa shape index (κ1) is 8.66. The van der Waals surface area contributed by atoms with Gasteiger partial charge in [-0.1, -0.05) is 13.8 Å². The summed E-state index contributed by atoms with van der Waals surface area (Å²) in [6.45, 7) is 5.03. The second-order valence-corrected chi connectivity index (χ2v) is 3.11. The summed E-state index contributed by atoms with van der Waals surface area (Å²) in [6.07, 6.45) is 0. The van der Waals surface area contributed by atoms with E-state index < -0.39 is 0 Å². The van der Waals surface area contributed by atoms with E-state index in [1.54, 1.807) is 0 Å². The SMILES string of the molecule is CCNC(S)C(C)S. The number of nitrogens with one attached hydrogen (secondary N) is 1. The van der Waals surface area contributed by atoms with Gasteiger partial charge in [0.15, 0.2) is 0 Å². The maximum absolute atomic E-state index is 4.22. The average molecular weight is 151 g/mol. The Kier molecular flexibility index (Phi) is 4.90. The summed E-state index contributed by atoms with van der Waals surface area (Å²) in [5.41, 5.74) is 0. The molecule has 3 heteroatoms. The molecule has 0 saturated heterocycles. The van der Waals surface area contributed by atoms with Gasteiger partial charge in [0.1, 0.15) is 0 Å². The monoisotopic (exact) mass is 151 g/mol. The molecule has 0 rings (SSSR count). The van der Waals surface area contributed by atoms with Gasteiger partial charge in [0.2, 0.25) is 0 Å². The van der Waals surface area contributed by atoms with Crippen molar-refractivity contribution in [2.45, 2.75) is 24.5 Å². The molecule has 8 heavy (non-hydrogen) atoms. The second kappa shape index (κ2) is 4.53. The van der Waals surface area contributed by atoms with Gasteiger partial charge >= 0.3 is 0 Å². The summed E-state index contributed by atoms with van der Waals surface area (Å²) < 4.78 is 0. The predicted molar refractivity (Wildman–Crippen MR) is 44.9 cm³/mol. The van der Waals surface area contributed by atoms with E-state index in [9.17, 15) is 0 Å². The zero-order valence-electron chi connectivity index (χ0n) is 5.26. The van der Waals surface area contributed by atoms with Crippen molar-refractivity contribution >= 4 is 25.3 Å². The van der Waals surface area contributed by atoms with Gasteiger partial charge < -0.3 is 5.32 Å². The fourth-order valence-corrected chi connectivity index (χ4v) is 0.668. The van der Waals surface area contributed by atoms with Crippen LogP contribution < -0.4 is 5.32 Å². The quantitative estimate of drug-likeness (QED) is 0.406. The van der Waals surface area contributed by atoms with Crippen LogP contribution in [0.2, 0.25) is 0 Å². The van der Waals surface area contributed by atoms with E-state index in [-0.39, 0.29) is 5.37 Å². The molecule has 0 aliphatic rings. The molecule has 0 aromatic rings. The highest BCUT2D eigenvalue weighted by Crippen LogP contribution is 2.03. The number of hydrogen-bond donors (Lipinski definition) is 3. The van der Waals surface area contributed by atoms with Gasteiger partial charge in [0.25, 0.3) is 0 Å². The van der Waals surface area contributed by atoms with Crippen molar-refractivity contribution in [1.29, 1.82) is 0 Å². The smallest absolute Gasteiger partial charge is 0.0617 e. The summed E-state index contributed by atoms with van der Waals surface area (Å²) >= 11 is 8.41. The molecule has 0 aliphatic carbocycles. The lowest BCUT2D eigenvalue weighted by molar-refractivity contribution is 0.675. The molecule has 0 aliphatic heterocycles. The van der Waals surface area contributed by atoms with E-state index >= 15 is 0 Å². The molecular formula is C5H13NS2. The number of thiol groups is 2. The molecule has 0 aromatic heterocycles. The Bertz CT molecular complexity index is 56.4. The van der Waals surface area contributed by atoms with Crippen molar-refractivity contribution in [3.05, 3.63) is 0 Å². The third-order valence-electron chi connectivity index (χ3n) is 0.870. The molecule has 0 saturated carbocycles.